The van der Waals surface area contributed by atoms with Gasteiger partial charge in [0.25, 0.3) is 0 Å². The van der Waals surface area contributed by atoms with Crippen LogP contribution in [0.2, 0.25) is 5.02 Å². The second-order valence-corrected chi connectivity index (χ2v) is 6.71. The molecule has 1 aromatic carbocycles. The first-order valence-corrected chi connectivity index (χ1v) is 8.94. The Hall–Kier alpha value is -2.11. The Morgan fingerprint density at radius 1 is 1.20 bits per heavy atom. The van der Waals surface area contributed by atoms with Gasteiger partial charge < -0.3 is 10.2 Å². The minimum Gasteiger partial charge on any atom is -0.354 e. The van der Waals surface area contributed by atoms with Crippen LogP contribution in [0.3, 0.4) is 0 Å². The van der Waals surface area contributed by atoms with Crippen LogP contribution in [-0.4, -0.2) is 48.5 Å². The Bertz CT molecular complexity index is 715. The predicted octanol–water partition coefficient (Wildman–Crippen LogP) is 3.19. The van der Waals surface area contributed by atoms with Crippen molar-refractivity contribution in [2.45, 2.75) is 13.3 Å². The molecule has 0 spiro atoms. The monoisotopic (exact) mass is 358 g/mol. The first-order valence-electron chi connectivity index (χ1n) is 8.56. The third-order valence-corrected chi connectivity index (χ3v) is 4.70. The van der Waals surface area contributed by atoms with Crippen LogP contribution in [0.15, 0.2) is 42.6 Å². The topological polar surface area (TPSA) is 48.5 Å². The Kier molecular flexibility index (Phi) is 5.89. The molecule has 1 N–H and O–H groups in total. The Labute approximate surface area is 153 Å². The molecule has 1 aromatic heterocycles. The van der Waals surface area contributed by atoms with Crippen LogP contribution in [0.5, 0.6) is 0 Å². The van der Waals surface area contributed by atoms with Gasteiger partial charge in [0.1, 0.15) is 5.82 Å². The Morgan fingerprint density at radius 2 is 2.00 bits per heavy atom. The zero-order valence-electron chi connectivity index (χ0n) is 14.4. The molecule has 5 nitrogen and oxygen atoms in total. The molecule has 0 bridgehead atoms. The average Bonchev–Trinajstić information content (AvgIpc) is 2.63. The summed E-state index contributed by atoms with van der Waals surface area (Å²) in [5.41, 5.74) is 1.80. The van der Waals surface area contributed by atoms with Gasteiger partial charge in [-0.15, -0.1) is 0 Å². The maximum atomic E-state index is 12.2. The molecule has 1 fully saturated rings. The SMILES string of the molecule is Cc1cc(Cl)ccc1NC(=O)CCN1CCN(c2ccccn2)CC1. The smallest absolute Gasteiger partial charge is 0.225 e. The summed E-state index contributed by atoms with van der Waals surface area (Å²) in [5.74, 6) is 1.07. The van der Waals surface area contributed by atoms with E-state index >= 15 is 0 Å². The molecule has 3 rings (SSSR count). The van der Waals surface area contributed by atoms with Gasteiger partial charge in [-0.1, -0.05) is 17.7 Å². The highest BCUT2D eigenvalue weighted by molar-refractivity contribution is 6.30. The molecule has 2 aromatic rings. The average molecular weight is 359 g/mol. The number of hydrogen-bond acceptors (Lipinski definition) is 4. The quantitative estimate of drug-likeness (QED) is 0.891. The van der Waals surface area contributed by atoms with Gasteiger partial charge in [0, 0.05) is 56.1 Å². The van der Waals surface area contributed by atoms with Crippen LogP contribution in [0.1, 0.15) is 12.0 Å². The van der Waals surface area contributed by atoms with Gasteiger partial charge >= 0.3 is 0 Å². The molecule has 1 aliphatic rings. The number of pyridine rings is 1. The number of benzene rings is 1. The van der Waals surface area contributed by atoms with Crippen LogP contribution in [-0.2, 0) is 4.79 Å². The number of carbonyl (C=O) groups excluding carboxylic acids is 1. The second-order valence-electron chi connectivity index (χ2n) is 6.27. The van der Waals surface area contributed by atoms with Gasteiger partial charge in [-0.2, -0.15) is 0 Å². The third kappa shape index (κ3) is 4.94. The second kappa shape index (κ2) is 8.32. The lowest BCUT2D eigenvalue weighted by molar-refractivity contribution is -0.116. The maximum absolute atomic E-state index is 12.2. The molecular formula is C19H23ClN4O. The van der Waals surface area contributed by atoms with E-state index in [0.717, 1.165) is 49.8 Å². The van der Waals surface area contributed by atoms with Crippen molar-refractivity contribution in [3.63, 3.8) is 0 Å². The van der Waals surface area contributed by atoms with Crippen LogP contribution < -0.4 is 10.2 Å². The molecule has 1 saturated heterocycles. The highest BCUT2D eigenvalue weighted by atomic mass is 35.5. The lowest BCUT2D eigenvalue weighted by Gasteiger charge is -2.35. The fourth-order valence-electron chi connectivity index (χ4n) is 2.98. The van der Waals surface area contributed by atoms with E-state index in [1.54, 1.807) is 6.07 Å². The van der Waals surface area contributed by atoms with Gasteiger partial charge in [0.15, 0.2) is 0 Å². The van der Waals surface area contributed by atoms with Crippen molar-refractivity contribution in [1.82, 2.24) is 9.88 Å². The molecule has 132 valence electrons. The molecule has 1 amide bonds. The molecule has 1 aliphatic heterocycles. The fraction of sp³-hybridized carbons (Fsp3) is 0.368. The van der Waals surface area contributed by atoms with E-state index in [2.05, 4.69) is 20.1 Å². The molecular weight excluding hydrogens is 336 g/mol. The first kappa shape index (κ1) is 17.7. The van der Waals surface area contributed by atoms with E-state index in [4.69, 9.17) is 11.6 Å². The molecule has 0 radical (unpaired) electrons. The summed E-state index contributed by atoms with van der Waals surface area (Å²) in [4.78, 5) is 21.2. The number of aromatic nitrogens is 1. The van der Waals surface area contributed by atoms with Crippen LogP contribution in [0, 0.1) is 6.92 Å². The summed E-state index contributed by atoms with van der Waals surface area (Å²) in [7, 11) is 0. The summed E-state index contributed by atoms with van der Waals surface area (Å²) in [6.07, 6.45) is 2.32. The number of hydrogen-bond donors (Lipinski definition) is 1. The first-order chi connectivity index (χ1) is 12.1. The predicted molar refractivity (Wildman–Crippen MR) is 102 cm³/mol. The molecule has 0 aliphatic carbocycles. The molecule has 0 unspecified atom stereocenters. The number of anilines is 2. The number of nitrogens with zero attached hydrogens (tertiary/aromatic N) is 3. The normalized spacial score (nSPS) is 15.2. The molecule has 0 saturated carbocycles. The number of rotatable bonds is 5. The van der Waals surface area contributed by atoms with E-state index in [1.807, 2.05) is 43.5 Å². The van der Waals surface area contributed by atoms with Gasteiger partial charge in [-0.05, 0) is 42.8 Å². The van der Waals surface area contributed by atoms with Crippen molar-refractivity contribution in [2.75, 3.05) is 42.9 Å². The van der Waals surface area contributed by atoms with Crippen molar-refractivity contribution in [1.29, 1.82) is 0 Å². The Balaban J connectivity index is 1.43. The highest BCUT2D eigenvalue weighted by Crippen LogP contribution is 2.19. The molecule has 25 heavy (non-hydrogen) atoms. The van der Waals surface area contributed by atoms with Crippen LogP contribution >= 0.6 is 11.6 Å². The van der Waals surface area contributed by atoms with Gasteiger partial charge in [0.05, 0.1) is 0 Å². The Morgan fingerprint density at radius 3 is 2.68 bits per heavy atom. The number of halogens is 1. The number of amides is 1. The zero-order valence-corrected chi connectivity index (χ0v) is 15.2. The van der Waals surface area contributed by atoms with Crippen molar-refractivity contribution >= 4 is 29.0 Å². The lowest BCUT2D eigenvalue weighted by Crippen LogP contribution is -2.47. The fourth-order valence-corrected chi connectivity index (χ4v) is 3.21. The summed E-state index contributed by atoms with van der Waals surface area (Å²) < 4.78 is 0. The minimum absolute atomic E-state index is 0.0394. The highest BCUT2D eigenvalue weighted by Gasteiger charge is 2.18. The van der Waals surface area contributed by atoms with Gasteiger partial charge in [-0.25, -0.2) is 4.98 Å². The lowest BCUT2D eigenvalue weighted by atomic mass is 10.2. The standard InChI is InChI=1S/C19H23ClN4O/c1-15-14-16(20)5-6-17(15)22-19(25)7-9-23-10-12-24(13-11-23)18-4-2-3-8-21-18/h2-6,8,14H,7,9-13H2,1H3,(H,22,25). The van der Waals surface area contributed by atoms with E-state index in [0.29, 0.717) is 11.4 Å². The van der Waals surface area contributed by atoms with E-state index in [1.165, 1.54) is 0 Å². The van der Waals surface area contributed by atoms with Gasteiger partial charge in [0.2, 0.25) is 5.91 Å². The summed E-state index contributed by atoms with van der Waals surface area (Å²) in [6, 6.07) is 11.5. The molecule has 6 heteroatoms. The summed E-state index contributed by atoms with van der Waals surface area (Å²) >= 11 is 5.94. The van der Waals surface area contributed by atoms with Crippen LogP contribution in [0.25, 0.3) is 0 Å². The largest absolute Gasteiger partial charge is 0.354 e. The maximum Gasteiger partial charge on any atom is 0.225 e. The summed E-state index contributed by atoms with van der Waals surface area (Å²) in [5, 5.41) is 3.65. The molecule has 2 heterocycles. The van der Waals surface area contributed by atoms with Crippen molar-refractivity contribution < 1.29 is 4.79 Å². The number of aryl methyl sites for hydroxylation is 1. The number of piperazine rings is 1. The third-order valence-electron chi connectivity index (χ3n) is 4.46. The van der Waals surface area contributed by atoms with E-state index in [9.17, 15) is 4.79 Å². The van der Waals surface area contributed by atoms with E-state index < -0.39 is 0 Å². The van der Waals surface area contributed by atoms with Crippen molar-refractivity contribution in [3.8, 4) is 0 Å². The van der Waals surface area contributed by atoms with Crippen LogP contribution in [0.4, 0.5) is 11.5 Å². The van der Waals surface area contributed by atoms with Crippen molar-refractivity contribution in [3.05, 3.63) is 53.2 Å². The number of nitrogens with one attached hydrogen (secondary N) is 1. The number of carbonyl (C=O) groups is 1. The minimum atomic E-state index is 0.0394. The van der Waals surface area contributed by atoms with Gasteiger partial charge in [-0.3, -0.25) is 9.69 Å². The van der Waals surface area contributed by atoms with Crippen molar-refractivity contribution in [2.24, 2.45) is 0 Å². The molecule has 0 atom stereocenters. The van der Waals surface area contributed by atoms with E-state index in [-0.39, 0.29) is 5.91 Å². The summed E-state index contributed by atoms with van der Waals surface area (Å²) in [6.45, 7) is 6.49. The zero-order chi connectivity index (χ0) is 17.6.